The first-order valence-corrected chi connectivity index (χ1v) is 13.5. The average molecular weight is 498 g/mol. The quantitative estimate of drug-likeness (QED) is 0.227. The van der Waals surface area contributed by atoms with Crippen LogP contribution in [-0.2, 0) is 6.42 Å². The monoisotopic (exact) mass is 497 g/mol. The van der Waals surface area contributed by atoms with Crippen molar-refractivity contribution in [2.45, 2.75) is 6.42 Å². The lowest BCUT2D eigenvalue weighted by molar-refractivity contribution is 1.14. The molecule has 0 fully saturated rings. The summed E-state index contributed by atoms with van der Waals surface area (Å²) in [7, 11) is 0. The lowest BCUT2D eigenvalue weighted by Gasteiger charge is -2.13. The Morgan fingerprint density at radius 2 is 1.28 bits per heavy atom. The Morgan fingerprint density at radius 3 is 2.21 bits per heavy atom. The smallest absolute Gasteiger partial charge is 0.0682 e. The summed E-state index contributed by atoms with van der Waals surface area (Å²) in [6, 6.07) is 44.1. The highest BCUT2D eigenvalue weighted by Gasteiger charge is 2.23. The first kappa shape index (κ1) is 20.9. The van der Waals surface area contributed by atoms with Crippen molar-refractivity contribution in [2.75, 3.05) is 0 Å². The number of para-hydroxylation sites is 2. The molecule has 182 valence electrons. The van der Waals surface area contributed by atoms with Crippen molar-refractivity contribution in [1.29, 1.82) is 0 Å². The number of rotatable bonds is 2. The van der Waals surface area contributed by atoms with Crippen LogP contribution in [0.15, 0.2) is 126 Å². The fourth-order valence-electron chi connectivity index (χ4n) is 6.75. The molecule has 0 unspecified atom stereocenters. The molecule has 8 aromatic rings. The summed E-state index contributed by atoms with van der Waals surface area (Å²) in [5.74, 6) is 0. The molecule has 3 heteroatoms. The molecule has 0 aliphatic carbocycles. The van der Waals surface area contributed by atoms with Gasteiger partial charge in [-0.15, -0.1) is 0 Å². The van der Waals surface area contributed by atoms with Gasteiger partial charge in [0.1, 0.15) is 0 Å². The fraction of sp³-hybridized carbons (Fsp3) is 0.0278. The van der Waals surface area contributed by atoms with Crippen molar-refractivity contribution in [3.05, 3.63) is 127 Å². The molecule has 6 aromatic carbocycles. The molecule has 0 N–H and O–H groups in total. The second kappa shape index (κ2) is 7.68. The van der Waals surface area contributed by atoms with E-state index in [1.165, 1.54) is 71.3 Å². The van der Waals surface area contributed by atoms with Crippen LogP contribution >= 0.6 is 0 Å². The van der Waals surface area contributed by atoms with Gasteiger partial charge < -0.3 is 9.13 Å². The summed E-state index contributed by atoms with van der Waals surface area (Å²) in [6.45, 7) is 0. The van der Waals surface area contributed by atoms with Crippen molar-refractivity contribution >= 4 is 66.3 Å². The lowest BCUT2D eigenvalue weighted by Crippen LogP contribution is -1.99. The van der Waals surface area contributed by atoms with E-state index in [9.17, 15) is 0 Å². The summed E-state index contributed by atoms with van der Waals surface area (Å²) in [5, 5.41) is 7.62. The van der Waals surface area contributed by atoms with Crippen LogP contribution in [0.1, 0.15) is 5.56 Å². The van der Waals surface area contributed by atoms with E-state index in [0.29, 0.717) is 0 Å². The Hall–Kier alpha value is -5.15. The Kier molecular flexibility index (Phi) is 4.11. The molecule has 0 saturated carbocycles. The molecule has 0 saturated heterocycles. The molecule has 3 heterocycles. The van der Waals surface area contributed by atoms with Crippen molar-refractivity contribution in [3.8, 4) is 11.4 Å². The molecule has 0 bridgehead atoms. The molecule has 0 atom stereocenters. The van der Waals surface area contributed by atoms with Gasteiger partial charge in [0.15, 0.2) is 0 Å². The van der Waals surface area contributed by atoms with Gasteiger partial charge in [-0.2, -0.15) is 0 Å². The average Bonchev–Trinajstić information content (AvgIpc) is 3.70. The van der Waals surface area contributed by atoms with E-state index in [-0.39, 0.29) is 0 Å². The summed E-state index contributed by atoms with van der Waals surface area (Å²) >= 11 is 0. The summed E-state index contributed by atoms with van der Waals surface area (Å²) in [4.78, 5) is 4.65. The molecular formula is C36H23N3. The minimum atomic E-state index is 0.859. The van der Waals surface area contributed by atoms with E-state index < -0.39 is 0 Å². The van der Waals surface area contributed by atoms with Crippen LogP contribution in [0.2, 0.25) is 0 Å². The zero-order valence-corrected chi connectivity index (χ0v) is 21.2. The minimum Gasteiger partial charge on any atom is -0.309 e. The zero-order chi connectivity index (χ0) is 25.5. The number of fused-ring (bicyclic) bond motifs is 10. The van der Waals surface area contributed by atoms with Gasteiger partial charge in [0, 0.05) is 50.8 Å². The topological polar surface area (TPSA) is 22.2 Å². The van der Waals surface area contributed by atoms with Gasteiger partial charge in [-0.3, -0.25) is 4.99 Å². The van der Waals surface area contributed by atoms with Crippen LogP contribution in [0.5, 0.6) is 0 Å². The summed E-state index contributed by atoms with van der Waals surface area (Å²) < 4.78 is 4.94. The fourth-order valence-corrected chi connectivity index (χ4v) is 6.75. The summed E-state index contributed by atoms with van der Waals surface area (Å²) in [5.41, 5.74) is 9.69. The van der Waals surface area contributed by atoms with E-state index in [4.69, 9.17) is 0 Å². The summed E-state index contributed by atoms with van der Waals surface area (Å²) in [6.07, 6.45) is 2.89. The van der Waals surface area contributed by atoms with E-state index in [1.807, 2.05) is 6.21 Å². The normalized spacial score (nSPS) is 12.9. The van der Waals surface area contributed by atoms with Crippen molar-refractivity contribution in [3.63, 3.8) is 0 Å². The van der Waals surface area contributed by atoms with E-state index in [1.54, 1.807) is 0 Å². The molecule has 3 nitrogen and oxygen atoms in total. The highest BCUT2D eigenvalue weighted by Crippen LogP contribution is 2.44. The maximum Gasteiger partial charge on any atom is 0.0682 e. The first-order valence-electron chi connectivity index (χ1n) is 13.5. The van der Waals surface area contributed by atoms with Crippen molar-refractivity contribution in [2.24, 2.45) is 4.99 Å². The second-order valence-electron chi connectivity index (χ2n) is 10.4. The van der Waals surface area contributed by atoms with E-state index in [2.05, 4.69) is 135 Å². The first-order chi connectivity index (χ1) is 19.4. The Bertz CT molecular complexity index is 2300. The molecule has 0 spiro atoms. The Balaban J connectivity index is 1.55. The van der Waals surface area contributed by atoms with Crippen molar-refractivity contribution in [1.82, 2.24) is 9.13 Å². The molecule has 39 heavy (non-hydrogen) atoms. The predicted molar refractivity (Wildman–Crippen MR) is 164 cm³/mol. The number of benzene rings is 6. The number of nitrogens with zero attached hydrogens (tertiary/aromatic N) is 3. The SMILES string of the molecule is C1=Nc2cccc(-n3c4ccccc4c4c3ccc3c5ccc6ccccc6c5n(-c5ccccc5)c34)c2C1. The maximum atomic E-state index is 4.65. The third kappa shape index (κ3) is 2.74. The maximum absolute atomic E-state index is 4.65. The number of hydrogen-bond acceptors (Lipinski definition) is 1. The minimum absolute atomic E-state index is 0.859. The van der Waals surface area contributed by atoms with Gasteiger partial charge in [-0.05, 0) is 41.8 Å². The molecule has 0 radical (unpaired) electrons. The van der Waals surface area contributed by atoms with Gasteiger partial charge in [-0.25, -0.2) is 0 Å². The highest BCUT2D eigenvalue weighted by molar-refractivity contribution is 6.28. The van der Waals surface area contributed by atoms with E-state index >= 15 is 0 Å². The van der Waals surface area contributed by atoms with Gasteiger partial charge in [0.25, 0.3) is 0 Å². The van der Waals surface area contributed by atoms with Crippen LogP contribution in [0.25, 0.3) is 65.8 Å². The van der Waals surface area contributed by atoms with Gasteiger partial charge in [0.05, 0.1) is 33.4 Å². The molecule has 1 aliphatic rings. The Morgan fingerprint density at radius 1 is 0.513 bits per heavy atom. The van der Waals surface area contributed by atoms with Gasteiger partial charge in [-0.1, -0.05) is 84.9 Å². The second-order valence-corrected chi connectivity index (χ2v) is 10.4. The van der Waals surface area contributed by atoms with Gasteiger partial charge >= 0.3 is 0 Å². The molecule has 2 aromatic heterocycles. The highest BCUT2D eigenvalue weighted by atomic mass is 15.0. The van der Waals surface area contributed by atoms with Gasteiger partial charge in [0.2, 0.25) is 0 Å². The molecule has 9 rings (SSSR count). The number of aliphatic imine (C=N–C) groups is 1. The third-order valence-corrected chi connectivity index (χ3v) is 8.36. The standard InChI is InChI=1S/C36H23N3/c1-2-10-24(11-3-1)38-35-25-12-5-4-9-23(25)17-18-26(35)27-19-20-33-34(36(27)38)29-13-6-7-15-32(29)39(33)31-16-8-14-30-28(31)21-22-37-30/h1-20,22H,21H2. The largest absolute Gasteiger partial charge is 0.309 e. The molecule has 0 amide bonds. The van der Waals surface area contributed by atoms with Crippen LogP contribution in [0, 0.1) is 0 Å². The number of aromatic nitrogens is 2. The van der Waals surface area contributed by atoms with Crippen LogP contribution in [-0.4, -0.2) is 15.3 Å². The lowest BCUT2D eigenvalue weighted by atomic mass is 10.0. The molecular weight excluding hydrogens is 474 g/mol. The van der Waals surface area contributed by atoms with Crippen LogP contribution in [0.4, 0.5) is 5.69 Å². The van der Waals surface area contributed by atoms with Crippen molar-refractivity contribution < 1.29 is 0 Å². The van der Waals surface area contributed by atoms with E-state index in [0.717, 1.165) is 12.1 Å². The Labute approximate surface area is 224 Å². The number of hydrogen-bond donors (Lipinski definition) is 0. The predicted octanol–water partition coefficient (Wildman–Crippen LogP) is 9.29. The molecule has 1 aliphatic heterocycles. The zero-order valence-electron chi connectivity index (χ0n) is 21.2. The van der Waals surface area contributed by atoms with Crippen LogP contribution < -0.4 is 0 Å². The van der Waals surface area contributed by atoms with Crippen LogP contribution in [0.3, 0.4) is 0 Å². The third-order valence-electron chi connectivity index (χ3n) is 8.36.